The van der Waals surface area contributed by atoms with Crippen LogP contribution < -0.4 is 5.32 Å². The summed E-state index contributed by atoms with van der Waals surface area (Å²) in [6.07, 6.45) is 0. The number of carbonyl (C=O) groups excluding carboxylic acids is 1. The molecule has 0 saturated carbocycles. The average Bonchev–Trinajstić information content (AvgIpc) is 2.45. The highest BCUT2D eigenvalue weighted by atomic mass is 35.5. The molecule has 1 unspecified atom stereocenters. The lowest BCUT2D eigenvalue weighted by atomic mass is 10.1. The van der Waals surface area contributed by atoms with E-state index in [1.54, 1.807) is 42.5 Å². The van der Waals surface area contributed by atoms with Gasteiger partial charge in [-0.3, -0.25) is 0 Å². The van der Waals surface area contributed by atoms with Gasteiger partial charge in [-0.15, -0.1) is 0 Å². The molecule has 0 aromatic heterocycles. The third-order valence-corrected chi connectivity index (χ3v) is 3.06. The molecule has 5 heteroatoms. The first kappa shape index (κ1) is 14.2. The van der Waals surface area contributed by atoms with Crippen LogP contribution in [-0.2, 0) is 9.53 Å². The Kier molecular flexibility index (Phi) is 4.48. The number of halogens is 1. The van der Waals surface area contributed by atoms with Crippen molar-refractivity contribution < 1.29 is 14.6 Å². The summed E-state index contributed by atoms with van der Waals surface area (Å²) < 4.78 is 4.78. The van der Waals surface area contributed by atoms with Gasteiger partial charge in [0.25, 0.3) is 0 Å². The molecule has 104 valence electrons. The molecule has 0 aliphatic heterocycles. The highest BCUT2D eigenvalue weighted by Gasteiger charge is 2.23. The van der Waals surface area contributed by atoms with Gasteiger partial charge in [-0.05, 0) is 24.3 Å². The Morgan fingerprint density at radius 2 is 2.00 bits per heavy atom. The Labute approximate surface area is 122 Å². The van der Waals surface area contributed by atoms with E-state index in [4.69, 9.17) is 16.3 Å². The first-order chi connectivity index (χ1) is 9.61. The lowest BCUT2D eigenvalue weighted by Crippen LogP contribution is -2.22. The van der Waals surface area contributed by atoms with E-state index in [1.807, 2.05) is 0 Å². The van der Waals surface area contributed by atoms with Crippen LogP contribution in [0, 0.1) is 0 Å². The standard InChI is InChI=1S/C15H14ClNO3/c1-20-15(19)14(12-7-2-3-8-13(12)18)17-11-6-4-5-10(16)9-11/h2-9,14,17-18H,1H3. The quantitative estimate of drug-likeness (QED) is 0.848. The molecule has 0 aliphatic carbocycles. The molecule has 1 atom stereocenters. The molecule has 0 bridgehead atoms. The molecule has 2 N–H and O–H groups in total. The van der Waals surface area contributed by atoms with Crippen LogP contribution in [0.2, 0.25) is 5.02 Å². The summed E-state index contributed by atoms with van der Waals surface area (Å²) in [4.78, 5) is 11.9. The number of carbonyl (C=O) groups is 1. The molecule has 4 nitrogen and oxygen atoms in total. The normalized spacial score (nSPS) is 11.7. The molecule has 0 heterocycles. The Morgan fingerprint density at radius 1 is 1.25 bits per heavy atom. The van der Waals surface area contributed by atoms with Gasteiger partial charge in [0, 0.05) is 16.3 Å². The highest BCUT2D eigenvalue weighted by molar-refractivity contribution is 6.30. The van der Waals surface area contributed by atoms with Crippen molar-refractivity contribution in [3.8, 4) is 5.75 Å². The van der Waals surface area contributed by atoms with E-state index in [1.165, 1.54) is 13.2 Å². The van der Waals surface area contributed by atoms with Crippen LogP contribution in [0.1, 0.15) is 11.6 Å². The summed E-state index contributed by atoms with van der Waals surface area (Å²) in [5.41, 5.74) is 1.11. The number of aromatic hydroxyl groups is 1. The fraction of sp³-hybridized carbons (Fsp3) is 0.133. The van der Waals surface area contributed by atoms with E-state index in [-0.39, 0.29) is 5.75 Å². The second-order valence-corrected chi connectivity index (χ2v) is 4.61. The average molecular weight is 292 g/mol. The molecule has 2 aromatic carbocycles. The van der Waals surface area contributed by atoms with Crippen LogP contribution in [0.4, 0.5) is 5.69 Å². The number of hydrogen-bond donors (Lipinski definition) is 2. The molecule has 0 amide bonds. The van der Waals surface area contributed by atoms with Gasteiger partial charge in [-0.2, -0.15) is 0 Å². The maximum absolute atomic E-state index is 11.9. The van der Waals surface area contributed by atoms with E-state index in [2.05, 4.69) is 5.32 Å². The molecular weight excluding hydrogens is 278 g/mol. The zero-order valence-corrected chi connectivity index (χ0v) is 11.6. The second kappa shape index (κ2) is 6.30. The van der Waals surface area contributed by atoms with Gasteiger partial charge in [-0.1, -0.05) is 35.9 Å². The number of anilines is 1. The van der Waals surface area contributed by atoms with E-state index in [0.717, 1.165) is 0 Å². The summed E-state index contributed by atoms with van der Waals surface area (Å²) in [7, 11) is 1.30. The van der Waals surface area contributed by atoms with Gasteiger partial charge >= 0.3 is 5.97 Å². The largest absolute Gasteiger partial charge is 0.508 e. The third-order valence-electron chi connectivity index (χ3n) is 2.82. The molecule has 2 rings (SSSR count). The summed E-state index contributed by atoms with van der Waals surface area (Å²) in [6, 6.07) is 12.8. The lowest BCUT2D eigenvalue weighted by molar-refractivity contribution is -0.141. The number of methoxy groups -OCH3 is 1. The maximum Gasteiger partial charge on any atom is 0.333 e. The van der Waals surface area contributed by atoms with Crippen molar-refractivity contribution in [3.63, 3.8) is 0 Å². The molecule has 0 aliphatic rings. The number of nitrogens with one attached hydrogen (secondary N) is 1. The van der Waals surface area contributed by atoms with Crippen LogP contribution >= 0.6 is 11.6 Å². The Hall–Kier alpha value is -2.20. The zero-order valence-electron chi connectivity index (χ0n) is 10.8. The van der Waals surface area contributed by atoms with Crippen LogP contribution in [0.25, 0.3) is 0 Å². The number of esters is 1. The summed E-state index contributed by atoms with van der Waals surface area (Å²) in [5, 5.41) is 13.4. The van der Waals surface area contributed by atoms with Crippen molar-refractivity contribution in [1.82, 2.24) is 0 Å². The molecule has 20 heavy (non-hydrogen) atoms. The van der Waals surface area contributed by atoms with E-state index in [9.17, 15) is 9.90 Å². The number of benzene rings is 2. The molecule has 0 fully saturated rings. The van der Waals surface area contributed by atoms with Crippen molar-refractivity contribution >= 4 is 23.3 Å². The minimum Gasteiger partial charge on any atom is -0.508 e. The number of phenols is 1. The summed E-state index contributed by atoms with van der Waals surface area (Å²) in [5.74, 6) is -0.469. The zero-order chi connectivity index (χ0) is 14.5. The number of rotatable bonds is 4. The molecule has 0 saturated heterocycles. The van der Waals surface area contributed by atoms with Gasteiger partial charge in [-0.25, -0.2) is 4.79 Å². The summed E-state index contributed by atoms with van der Waals surface area (Å²) >= 11 is 5.91. The van der Waals surface area contributed by atoms with Crippen molar-refractivity contribution in [1.29, 1.82) is 0 Å². The molecule has 0 radical (unpaired) electrons. The van der Waals surface area contributed by atoms with E-state index in [0.29, 0.717) is 16.3 Å². The Morgan fingerprint density at radius 3 is 2.65 bits per heavy atom. The monoisotopic (exact) mass is 291 g/mol. The predicted molar refractivity (Wildman–Crippen MR) is 77.9 cm³/mol. The van der Waals surface area contributed by atoms with Gasteiger partial charge in [0.15, 0.2) is 6.04 Å². The smallest absolute Gasteiger partial charge is 0.333 e. The second-order valence-electron chi connectivity index (χ2n) is 4.17. The lowest BCUT2D eigenvalue weighted by Gasteiger charge is -2.19. The van der Waals surface area contributed by atoms with Crippen molar-refractivity contribution in [2.24, 2.45) is 0 Å². The Balaban J connectivity index is 2.34. The molecular formula is C15H14ClNO3. The molecule has 2 aromatic rings. The number of hydrogen-bond acceptors (Lipinski definition) is 4. The predicted octanol–water partition coefficient (Wildman–Crippen LogP) is 3.37. The van der Waals surface area contributed by atoms with Crippen molar-refractivity contribution in [2.75, 3.05) is 12.4 Å². The topological polar surface area (TPSA) is 58.6 Å². The minimum atomic E-state index is -0.806. The van der Waals surface area contributed by atoms with E-state index >= 15 is 0 Å². The van der Waals surface area contributed by atoms with Gasteiger partial charge in [0.1, 0.15) is 5.75 Å². The van der Waals surface area contributed by atoms with E-state index < -0.39 is 12.0 Å². The van der Waals surface area contributed by atoms with Gasteiger partial charge in [0.05, 0.1) is 7.11 Å². The first-order valence-electron chi connectivity index (χ1n) is 5.99. The van der Waals surface area contributed by atoms with Crippen LogP contribution in [0.15, 0.2) is 48.5 Å². The number of para-hydroxylation sites is 1. The minimum absolute atomic E-state index is 0.0254. The van der Waals surface area contributed by atoms with Crippen LogP contribution in [-0.4, -0.2) is 18.2 Å². The third kappa shape index (κ3) is 3.22. The van der Waals surface area contributed by atoms with Crippen molar-refractivity contribution in [3.05, 3.63) is 59.1 Å². The van der Waals surface area contributed by atoms with Crippen LogP contribution in [0.5, 0.6) is 5.75 Å². The SMILES string of the molecule is COC(=O)C(Nc1cccc(Cl)c1)c1ccccc1O. The summed E-state index contributed by atoms with van der Waals surface area (Å²) in [6.45, 7) is 0. The van der Waals surface area contributed by atoms with Gasteiger partial charge in [0.2, 0.25) is 0 Å². The maximum atomic E-state index is 11.9. The fourth-order valence-electron chi connectivity index (χ4n) is 1.86. The van der Waals surface area contributed by atoms with Crippen LogP contribution in [0.3, 0.4) is 0 Å². The number of ether oxygens (including phenoxy) is 1. The highest BCUT2D eigenvalue weighted by Crippen LogP contribution is 2.28. The molecule has 0 spiro atoms. The number of phenolic OH excluding ortho intramolecular Hbond substituents is 1. The van der Waals surface area contributed by atoms with Gasteiger partial charge < -0.3 is 15.2 Å². The Bertz CT molecular complexity index is 616. The van der Waals surface area contributed by atoms with Crippen molar-refractivity contribution in [2.45, 2.75) is 6.04 Å². The first-order valence-corrected chi connectivity index (χ1v) is 6.37. The fourth-order valence-corrected chi connectivity index (χ4v) is 2.05.